The number of hydrogen-bond donors (Lipinski definition) is 0. The summed E-state index contributed by atoms with van der Waals surface area (Å²) in [6.45, 7) is 6.34. The minimum Gasteiger partial charge on any atom is -0.463 e. The molecule has 0 radical (unpaired) electrons. The molecule has 3 heterocycles. The lowest BCUT2D eigenvalue weighted by molar-refractivity contribution is -0.254. The molecule has 1 aliphatic heterocycles. The molecule has 0 amide bonds. The van der Waals surface area contributed by atoms with Gasteiger partial charge in [-0.2, -0.15) is 0 Å². The monoisotopic (exact) mass is 554 g/mol. The summed E-state index contributed by atoms with van der Waals surface area (Å²) in [5.41, 5.74) is 2.15. The molecule has 0 spiro atoms. The van der Waals surface area contributed by atoms with E-state index in [0.717, 1.165) is 11.3 Å². The minimum atomic E-state index is -1.26. The van der Waals surface area contributed by atoms with Crippen LogP contribution in [0.2, 0.25) is 0 Å². The molecule has 212 valence electrons. The number of pyridine rings is 1. The van der Waals surface area contributed by atoms with Gasteiger partial charge in [-0.05, 0) is 36.8 Å². The van der Waals surface area contributed by atoms with Gasteiger partial charge in [0.1, 0.15) is 36.0 Å². The third-order valence-electron chi connectivity index (χ3n) is 5.96. The topological polar surface area (TPSA) is 141 Å². The van der Waals surface area contributed by atoms with E-state index in [1.807, 2.05) is 23.6 Å². The summed E-state index contributed by atoms with van der Waals surface area (Å²) in [6.07, 6.45) is -2.10. The Hall–Kier alpha value is -4.45. The Bertz CT molecular complexity index is 1420. The van der Waals surface area contributed by atoms with Crippen LogP contribution in [0.1, 0.15) is 45.1 Å². The summed E-state index contributed by atoms with van der Waals surface area (Å²) >= 11 is 0. The summed E-state index contributed by atoms with van der Waals surface area (Å²) < 4.78 is 35.8. The Morgan fingerprint density at radius 1 is 0.825 bits per heavy atom. The first-order chi connectivity index (χ1) is 19.0. The first-order valence-corrected chi connectivity index (χ1v) is 12.5. The average Bonchev–Trinajstić information content (AvgIpc) is 3.24. The van der Waals surface area contributed by atoms with Gasteiger partial charge in [0.2, 0.25) is 0 Å². The standard InChI is InChI=1S/C28H30N2O10/c1-15-12-30-13-22(9-10-24(30)29-15)39-21-8-6-7-20(11-21)25-27(37-18(4)33)28(38-19(5)34)26(36-17(3)32)23(40-25)14-35-16(2)31/h6-13,23,25-28H,14H2,1-5H3/t23-,25-,26-,27-,28-/m1/s1. The summed E-state index contributed by atoms with van der Waals surface area (Å²) in [7, 11) is 0. The van der Waals surface area contributed by atoms with Gasteiger partial charge in [0.25, 0.3) is 0 Å². The van der Waals surface area contributed by atoms with E-state index < -0.39 is 54.4 Å². The Kier molecular flexibility index (Phi) is 8.68. The van der Waals surface area contributed by atoms with Gasteiger partial charge in [-0.1, -0.05) is 12.1 Å². The number of hydrogen-bond acceptors (Lipinski definition) is 11. The van der Waals surface area contributed by atoms with Crippen molar-refractivity contribution in [3.63, 3.8) is 0 Å². The molecule has 3 aromatic rings. The van der Waals surface area contributed by atoms with E-state index in [-0.39, 0.29) is 6.61 Å². The summed E-state index contributed by atoms with van der Waals surface area (Å²) in [5, 5.41) is 0. The van der Waals surface area contributed by atoms with E-state index >= 15 is 0 Å². The highest BCUT2D eigenvalue weighted by Crippen LogP contribution is 2.39. The minimum absolute atomic E-state index is 0.311. The molecule has 0 saturated carbocycles. The Morgan fingerprint density at radius 2 is 1.50 bits per heavy atom. The molecule has 0 aliphatic carbocycles. The molecule has 1 fully saturated rings. The molecule has 4 rings (SSSR count). The fourth-order valence-electron chi connectivity index (χ4n) is 4.55. The first-order valence-electron chi connectivity index (χ1n) is 12.5. The van der Waals surface area contributed by atoms with Crippen molar-refractivity contribution < 1.29 is 47.6 Å². The second kappa shape index (κ2) is 12.2. The Balaban J connectivity index is 1.70. The highest BCUT2D eigenvalue weighted by molar-refractivity contribution is 5.69. The molecule has 2 aromatic heterocycles. The number of carbonyl (C=O) groups is 4. The molecule has 0 N–H and O–H groups in total. The quantitative estimate of drug-likeness (QED) is 0.299. The molecular weight excluding hydrogens is 524 g/mol. The number of rotatable bonds is 8. The van der Waals surface area contributed by atoms with Crippen molar-refractivity contribution in [1.29, 1.82) is 0 Å². The normalized spacial score (nSPS) is 22.3. The molecule has 12 heteroatoms. The summed E-state index contributed by atoms with van der Waals surface area (Å²) in [6, 6.07) is 10.5. The van der Waals surface area contributed by atoms with Gasteiger partial charge in [0, 0.05) is 33.9 Å². The van der Waals surface area contributed by atoms with Gasteiger partial charge >= 0.3 is 23.9 Å². The van der Waals surface area contributed by atoms with E-state index in [4.69, 9.17) is 28.4 Å². The molecule has 1 aromatic carbocycles. The molecule has 1 saturated heterocycles. The van der Waals surface area contributed by atoms with Crippen molar-refractivity contribution in [2.45, 2.75) is 65.1 Å². The molecule has 12 nitrogen and oxygen atoms in total. The van der Waals surface area contributed by atoms with Crippen LogP contribution in [0.15, 0.2) is 48.8 Å². The van der Waals surface area contributed by atoms with Gasteiger partial charge in [-0.15, -0.1) is 0 Å². The number of nitrogens with zero attached hydrogens (tertiary/aromatic N) is 2. The van der Waals surface area contributed by atoms with E-state index in [0.29, 0.717) is 17.1 Å². The zero-order valence-corrected chi connectivity index (χ0v) is 22.7. The van der Waals surface area contributed by atoms with E-state index in [1.165, 1.54) is 27.7 Å². The number of benzene rings is 1. The molecule has 5 atom stereocenters. The predicted molar refractivity (Wildman–Crippen MR) is 137 cm³/mol. The lowest BCUT2D eigenvalue weighted by Gasteiger charge is -2.44. The maximum Gasteiger partial charge on any atom is 0.303 e. The van der Waals surface area contributed by atoms with E-state index in [1.54, 1.807) is 36.5 Å². The number of fused-ring (bicyclic) bond motifs is 1. The molecule has 40 heavy (non-hydrogen) atoms. The number of aryl methyl sites for hydroxylation is 1. The largest absolute Gasteiger partial charge is 0.463 e. The van der Waals surface area contributed by atoms with Crippen molar-refractivity contribution in [2.24, 2.45) is 0 Å². The van der Waals surface area contributed by atoms with Gasteiger partial charge in [-0.25, -0.2) is 4.98 Å². The van der Waals surface area contributed by atoms with Crippen molar-refractivity contribution >= 4 is 29.5 Å². The smallest absolute Gasteiger partial charge is 0.303 e. The number of esters is 4. The third-order valence-corrected chi connectivity index (χ3v) is 5.96. The van der Waals surface area contributed by atoms with Crippen molar-refractivity contribution in [3.8, 4) is 11.5 Å². The molecular formula is C28H30N2O10. The van der Waals surface area contributed by atoms with E-state index in [2.05, 4.69) is 4.98 Å². The number of aromatic nitrogens is 2. The van der Waals surface area contributed by atoms with Crippen LogP contribution in [-0.4, -0.2) is 64.3 Å². The second-order valence-corrected chi connectivity index (χ2v) is 9.31. The fraction of sp³-hybridized carbons (Fsp3) is 0.393. The van der Waals surface area contributed by atoms with Gasteiger partial charge in [0.05, 0.1) is 11.9 Å². The highest BCUT2D eigenvalue weighted by Gasteiger charge is 2.52. The van der Waals surface area contributed by atoms with Crippen LogP contribution < -0.4 is 4.74 Å². The van der Waals surface area contributed by atoms with Crippen molar-refractivity contribution in [2.75, 3.05) is 6.61 Å². The number of ether oxygens (including phenoxy) is 6. The highest BCUT2D eigenvalue weighted by atomic mass is 16.7. The Morgan fingerprint density at radius 3 is 2.17 bits per heavy atom. The van der Waals surface area contributed by atoms with Crippen LogP contribution >= 0.6 is 0 Å². The van der Waals surface area contributed by atoms with E-state index in [9.17, 15) is 19.2 Å². The van der Waals surface area contributed by atoms with Gasteiger partial charge in [0.15, 0.2) is 18.3 Å². The van der Waals surface area contributed by atoms with Crippen LogP contribution in [0.5, 0.6) is 11.5 Å². The van der Waals surface area contributed by atoms with Gasteiger partial charge < -0.3 is 32.8 Å². The maximum atomic E-state index is 12.1. The van der Waals surface area contributed by atoms with Crippen LogP contribution in [0.3, 0.4) is 0 Å². The van der Waals surface area contributed by atoms with Crippen molar-refractivity contribution in [1.82, 2.24) is 9.38 Å². The van der Waals surface area contributed by atoms with Gasteiger partial charge in [-0.3, -0.25) is 19.2 Å². The average molecular weight is 555 g/mol. The predicted octanol–water partition coefficient (Wildman–Crippen LogP) is 3.23. The zero-order chi connectivity index (χ0) is 29.0. The molecule has 0 unspecified atom stereocenters. The molecule has 1 aliphatic rings. The fourth-order valence-corrected chi connectivity index (χ4v) is 4.55. The Labute approximate surface area is 230 Å². The second-order valence-electron chi connectivity index (χ2n) is 9.31. The SMILES string of the molecule is CC(=O)OC[C@H]1O[C@H](c2cccc(Oc3ccc4nc(C)cn4c3)c2)[C@@H](OC(C)=O)[C@H](OC(C)=O)[C@@H]1OC(C)=O. The molecule has 0 bridgehead atoms. The number of carbonyl (C=O) groups excluding carboxylic acids is 4. The zero-order valence-electron chi connectivity index (χ0n) is 22.7. The number of imidazole rings is 1. The lowest BCUT2D eigenvalue weighted by Crippen LogP contribution is -2.59. The lowest BCUT2D eigenvalue weighted by atomic mass is 9.90. The van der Waals surface area contributed by atoms with Crippen LogP contribution in [0.25, 0.3) is 5.65 Å². The first kappa shape index (κ1) is 28.6. The summed E-state index contributed by atoms with van der Waals surface area (Å²) in [4.78, 5) is 52.2. The van der Waals surface area contributed by atoms with Crippen LogP contribution in [-0.2, 0) is 42.9 Å². The van der Waals surface area contributed by atoms with Crippen LogP contribution in [0, 0.1) is 6.92 Å². The van der Waals surface area contributed by atoms with Crippen molar-refractivity contribution in [3.05, 3.63) is 60.0 Å². The maximum absolute atomic E-state index is 12.1. The third kappa shape index (κ3) is 6.94. The van der Waals surface area contributed by atoms with Crippen LogP contribution in [0.4, 0.5) is 0 Å². The summed E-state index contributed by atoms with van der Waals surface area (Å²) in [5.74, 6) is -1.67.